The number of nitrogen functional groups attached to an aromatic ring is 1. The maximum atomic E-state index is 14.1. The number of amides is 1. The molecule has 0 unspecified atom stereocenters. The fraction of sp³-hybridized carbons (Fsp3) is 0.390. The highest BCUT2D eigenvalue weighted by Crippen LogP contribution is 2.34. The van der Waals surface area contributed by atoms with E-state index in [-0.39, 0.29) is 11.9 Å². The largest absolute Gasteiger partial charge is 0.493 e. The second-order valence-corrected chi connectivity index (χ2v) is 13.5. The van der Waals surface area contributed by atoms with Crippen molar-refractivity contribution in [3.8, 4) is 11.5 Å². The van der Waals surface area contributed by atoms with E-state index in [2.05, 4.69) is 42.3 Å². The maximum Gasteiger partial charge on any atom is 0.251 e. The van der Waals surface area contributed by atoms with Crippen LogP contribution in [0.5, 0.6) is 11.5 Å². The van der Waals surface area contributed by atoms with Gasteiger partial charge in [0.05, 0.1) is 19.7 Å². The van der Waals surface area contributed by atoms with Crippen LogP contribution in [0.15, 0.2) is 67.3 Å². The van der Waals surface area contributed by atoms with Crippen molar-refractivity contribution in [3.05, 3.63) is 89.5 Å². The fourth-order valence-electron chi connectivity index (χ4n) is 6.67. The molecule has 9 nitrogen and oxygen atoms in total. The Labute approximate surface area is 297 Å². The first-order valence-corrected chi connectivity index (χ1v) is 17.6. The third kappa shape index (κ3) is 8.56. The van der Waals surface area contributed by atoms with Gasteiger partial charge in [-0.1, -0.05) is 44.2 Å². The molecule has 9 heteroatoms. The number of methoxy groups -OCH3 is 2. The van der Waals surface area contributed by atoms with Gasteiger partial charge in [-0.2, -0.15) is 4.98 Å². The smallest absolute Gasteiger partial charge is 0.251 e. The highest BCUT2D eigenvalue weighted by molar-refractivity contribution is 6.23. The number of hydrogen-bond donors (Lipinski definition) is 3. The molecule has 0 aliphatic heterocycles. The molecule has 1 aliphatic rings. The fourth-order valence-corrected chi connectivity index (χ4v) is 6.67. The normalized spacial score (nSPS) is 16.2. The summed E-state index contributed by atoms with van der Waals surface area (Å²) in [5.74, 6) is 2.98. The molecule has 0 bridgehead atoms. The quantitative estimate of drug-likeness (QED) is 0.0704. The highest BCUT2D eigenvalue weighted by atomic mass is 16.5. The number of nitrogens with two attached hydrogens (primary N) is 1. The van der Waals surface area contributed by atoms with Crippen molar-refractivity contribution in [3.63, 3.8) is 0 Å². The molecule has 1 aromatic heterocycles. The van der Waals surface area contributed by atoms with Gasteiger partial charge in [-0.05, 0) is 110 Å². The second kappa shape index (κ2) is 16.6. The zero-order valence-electron chi connectivity index (χ0n) is 30.4. The second-order valence-electron chi connectivity index (χ2n) is 13.5. The lowest BCUT2D eigenvalue weighted by molar-refractivity contribution is -0.115. The Hall–Kier alpha value is -5.05. The number of anilines is 3. The van der Waals surface area contributed by atoms with Gasteiger partial charge in [-0.25, -0.2) is 4.98 Å². The van der Waals surface area contributed by atoms with E-state index in [1.165, 1.54) is 5.56 Å². The standard InChI is InChI=1S/C41H52N6O3/c1-8-9-12-29-21-27(3)38(42)33(23-29)34(22-26(2)30-17-20-36(49-6)37(24-30)50-7)40(48)43-25-28-15-18-31(19-16-28)44-41-45-35-14-11-10-13-32(35)39(46-41)47(4)5/h10-11,13-14,17,20-24,28,31H,2,8-9,12,15-16,18-19,25,42H2,1,3-7H3,(H,43,48)(H,44,45,46)/b34-22+. The molecule has 1 heterocycles. The lowest BCUT2D eigenvalue weighted by Gasteiger charge is -2.29. The van der Waals surface area contributed by atoms with Crippen LogP contribution in [0.1, 0.15) is 67.7 Å². The molecule has 5 rings (SSSR count). The van der Waals surface area contributed by atoms with Crippen LogP contribution >= 0.6 is 0 Å². The van der Waals surface area contributed by atoms with Gasteiger partial charge >= 0.3 is 0 Å². The van der Waals surface area contributed by atoms with Gasteiger partial charge in [0.25, 0.3) is 5.91 Å². The van der Waals surface area contributed by atoms with E-state index >= 15 is 0 Å². The monoisotopic (exact) mass is 676 g/mol. The van der Waals surface area contributed by atoms with E-state index < -0.39 is 0 Å². The minimum absolute atomic E-state index is 0.161. The van der Waals surface area contributed by atoms with Crippen molar-refractivity contribution in [2.45, 2.75) is 64.8 Å². The molecule has 0 saturated heterocycles. The Balaban J connectivity index is 1.31. The summed E-state index contributed by atoms with van der Waals surface area (Å²) in [5.41, 5.74) is 13.1. The van der Waals surface area contributed by atoms with E-state index in [9.17, 15) is 4.79 Å². The number of ether oxygens (including phenoxy) is 2. The highest BCUT2D eigenvalue weighted by Gasteiger charge is 2.24. The zero-order chi connectivity index (χ0) is 35.8. The third-order valence-corrected chi connectivity index (χ3v) is 9.61. The molecule has 0 spiro atoms. The van der Waals surface area contributed by atoms with Crippen molar-refractivity contribution < 1.29 is 14.3 Å². The molecule has 3 aromatic carbocycles. The molecule has 4 aromatic rings. The van der Waals surface area contributed by atoms with E-state index in [4.69, 9.17) is 25.2 Å². The van der Waals surface area contributed by atoms with Crippen LogP contribution in [0.25, 0.3) is 22.0 Å². The maximum absolute atomic E-state index is 14.1. The lowest BCUT2D eigenvalue weighted by atomic mass is 9.86. The first kappa shape index (κ1) is 36.2. The van der Waals surface area contributed by atoms with E-state index in [0.29, 0.717) is 46.7 Å². The van der Waals surface area contributed by atoms with Crippen molar-refractivity contribution in [1.29, 1.82) is 0 Å². The summed E-state index contributed by atoms with van der Waals surface area (Å²) in [7, 11) is 7.22. The van der Waals surface area contributed by atoms with Crippen molar-refractivity contribution in [2.24, 2.45) is 5.92 Å². The summed E-state index contributed by atoms with van der Waals surface area (Å²) in [5, 5.41) is 7.89. The molecule has 1 amide bonds. The predicted molar refractivity (Wildman–Crippen MR) is 207 cm³/mol. The number of allylic oxidation sites excluding steroid dienone is 2. The number of nitrogens with zero attached hydrogens (tertiary/aromatic N) is 3. The van der Waals surface area contributed by atoms with Gasteiger partial charge < -0.3 is 30.7 Å². The summed E-state index contributed by atoms with van der Waals surface area (Å²) in [6, 6.07) is 18.2. The topological polar surface area (TPSA) is 115 Å². The number of aryl methyl sites for hydroxylation is 2. The molecule has 1 aliphatic carbocycles. The third-order valence-electron chi connectivity index (χ3n) is 9.61. The number of hydrogen-bond acceptors (Lipinski definition) is 8. The Kier molecular flexibility index (Phi) is 12.0. The van der Waals surface area contributed by atoms with Crippen LogP contribution in [0, 0.1) is 12.8 Å². The first-order valence-electron chi connectivity index (χ1n) is 17.6. The Bertz CT molecular complexity index is 1860. The molecule has 0 atom stereocenters. The van der Waals surface area contributed by atoms with E-state index in [1.807, 2.05) is 68.4 Å². The molecule has 1 fully saturated rings. The number of fused-ring (bicyclic) bond motifs is 1. The number of benzene rings is 3. The van der Waals surface area contributed by atoms with Crippen LogP contribution in [-0.4, -0.2) is 56.8 Å². The average molecular weight is 677 g/mol. The number of para-hydroxylation sites is 1. The summed E-state index contributed by atoms with van der Waals surface area (Å²) >= 11 is 0. The number of rotatable bonds is 14. The van der Waals surface area contributed by atoms with Gasteiger partial charge in [0.2, 0.25) is 5.95 Å². The molecule has 0 radical (unpaired) electrons. The summed E-state index contributed by atoms with van der Waals surface area (Å²) in [4.78, 5) is 25.8. The molecule has 50 heavy (non-hydrogen) atoms. The number of carbonyl (C=O) groups excluding carboxylic acids is 1. The Morgan fingerprint density at radius 2 is 1.76 bits per heavy atom. The zero-order valence-corrected chi connectivity index (χ0v) is 30.4. The van der Waals surface area contributed by atoms with Crippen LogP contribution < -0.4 is 30.7 Å². The molecule has 1 saturated carbocycles. The lowest BCUT2D eigenvalue weighted by Crippen LogP contribution is -2.34. The number of unbranched alkanes of at least 4 members (excludes halogenated alkanes) is 1. The van der Waals surface area contributed by atoms with Crippen LogP contribution in [-0.2, 0) is 11.2 Å². The van der Waals surface area contributed by atoms with Gasteiger partial charge in [-0.15, -0.1) is 0 Å². The van der Waals surface area contributed by atoms with Crippen LogP contribution in [0.4, 0.5) is 17.5 Å². The predicted octanol–water partition coefficient (Wildman–Crippen LogP) is 7.83. The van der Waals surface area contributed by atoms with E-state index in [0.717, 1.165) is 78.4 Å². The van der Waals surface area contributed by atoms with Gasteiger partial charge in [0, 0.05) is 48.9 Å². The average Bonchev–Trinajstić information content (AvgIpc) is 3.13. The molecular formula is C41H52N6O3. The summed E-state index contributed by atoms with van der Waals surface area (Å²) in [6.07, 6.45) is 8.83. The SMILES string of the molecule is C=C(/C=C(/C(=O)NCC1CCC(Nc2nc(N(C)C)c3ccccc3n2)CC1)c1cc(CCCC)cc(C)c1N)c1ccc(OC)c(OC)c1. The number of aromatic nitrogens is 2. The summed E-state index contributed by atoms with van der Waals surface area (Å²) < 4.78 is 11.0. The van der Waals surface area contributed by atoms with Crippen LogP contribution in [0.2, 0.25) is 0 Å². The van der Waals surface area contributed by atoms with Crippen molar-refractivity contribution in [2.75, 3.05) is 50.8 Å². The molecule has 264 valence electrons. The van der Waals surface area contributed by atoms with Gasteiger partial charge in [0.1, 0.15) is 5.82 Å². The minimum atomic E-state index is -0.161. The summed E-state index contributed by atoms with van der Waals surface area (Å²) in [6.45, 7) is 9.10. The van der Waals surface area contributed by atoms with Crippen molar-refractivity contribution >= 4 is 45.4 Å². The van der Waals surface area contributed by atoms with Crippen LogP contribution in [0.3, 0.4) is 0 Å². The van der Waals surface area contributed by atoms with Crippen molar-refractivity contribution in [1.82, 2.24) is 15.3 Å². The first-order chi connectivity index (χ1) is 24.1. The number of carbonyl (C=O) groups is 1. The number of nitrogens with one attached hydrogen (secondary N) is 2. The Morgan fingerprint density at radius 1 is 1.02 bits per heavy atom. The van der Waals surface area contributed by atoms with E-state index in [1.54, 1.807) is 14.2 Å². The van der Waals surface area contributed by atoms with Gasteiger partial charge in [-0.3, -0.25) is 4.79 Å². The molecular weight excluding hydrogens is 624 g/mol. The minimum Gasteiger partial charge on any atom is -0.493 e. The molecule has 4 N–H and O–H groups in total. The van der Waals surface area contributed by atoms with Gasteiger partial charge in [0.15, 0.2) is 11.5 Å². The Morgan fingerprint density at radius 3 is 2.46 bits per heavy atom.